The lowest BCUT2D eigenvalue weighted by Gasteiger charge is -2.30. The third-order valence-corrected chi connectivity index (χ3v) is 4.51. The Labute approximate surface area is 174 Å². The Morgan fingerprint density at radius 2 is 1.97 bits per heavy atom. The summed E-state index contributed by atoms with van der Waals surface area (Å²) in [5.41, 5.74) is 0.686. The van der Waals surface area contributed by atoms with E-state index in [1.807, 2.05) is 18.2 Å². The predicted octanol–water partition coefficient (Wildman–Crippen LogP) is 2.74. The van der Waals surface area contributed by atoms with E-state index in [2.05, 4.69) is 70.3 Å². The van der Waals surface area contributed by atoms with Crippen LogP contribution >= 0.6 is 0 Å². The van der Waals surface area contributed by atoms with E-state index >= 15 is 0 Å². The van der Waals surface area contributed by atoms with E-state index in [1.165, 1.54) is 0 Å². The molecule has 0 atom stereocenters. The van der Waals surface area contributed by atoms with Crippen molar-refractivity contribution in [1.29, 1.82) is 0 Å². The van der Waals surface area contributed by atoms with Gasteiger partial charge >= 0.3 is 0 Å². The van der Waals surface area contributed by atoms with Gasteiger partial charge in [0.25, 0.3) is 5.89 Å². The number of hydrogen-bond donors (Lipinski definition) is 2. The van der Waals surface area contributed by atoms with E-state index in [0.717, 1.165) is 32.0 Å². The fourth-order valence-corrected chi connectivity index (χ4v) is 3.14. The molecule has 0 bridgehead atoms. The zero-order chi connectivity index (χ0) is 21.1. The summed E-state index contributed by atoms with van der Waals surface area (Å²) in [7, 11) is 0. The van der Waals surface area contributed by atoms with Crippen molar-refractivity contribution in [3.05, 3.63) is 30.2 Å². The smallest absolute Gasteiger partial charge is 0.276 e. The molecule has 2 rings (SSSR count). The van der Waals surface area contributed by atoms with Gasteiger partial charge in [-0.2, -0.15) is 4.98 Å². The van der Waals surface area contributed by atoms with Crippen LogP contribution in [0.2, 0.25) is 0 Å². The van der Waals surface area contributed by atoms with Gasteiger partial charge < -0.3 is 15.2 Å². The first-order valence-electron chi connectivity index (χ1n) is 10.5. The quantitative estimate of drug-likeness (QED) is 0.340. The van der Waals surface area contributed by atoms with Gasteiger partial charge in [-0.05, 0) is 53.2 Å². The van der Waals surface area contributed by atoms with Crippen LogP contribution in [-0.4, -0.2) is 64.2 Å². The van der Waals surface area contributed by atoms with E-state index in [0.29, 0.717) is 42.5 Å². The molecule has 2 heterocycles. The van der Waals surface area contributed by atoms with E-state index in [9.17, 15) is 0 Å². The summed E-state index contributed by atoms with van der Waals surface area (Å²) in [5, 5.41) is 10.7. The molecular formula is C21H35N7O. The Morgan fingerprint density at radius 3 is 2.62 bits per heavy atom. The van der Waals surface area contributed by atoms with Gasteiger partial charge in [-0.3, -0.25) is 14.9 Å². The van der Waals surface area contributed by atoms with Gasteiger partial charge in [-0.25, -0.2) is 0 Å². The molecule has 29 heavy (non-hydrogen) atoms. The zero-order valence-electron chi connectivity index (χ0n) is 18.4. The molecule has 0 radical (unpaired) electrons. The van der Waals surface area contributed by atoms with Crippen LogP contribution in [-0.2, 0) is 6.42 Å². The van der Waals surface area contributed by atoms with Crippen molar-refractivity contribution in [2.45, 2.75) is 59.5 Å². The first-order valence-corrected chi connectivity index (χ1v) is 10.5. The maximum absolute atomic E-state index is 5.29. The first kappa shape index (κ1) is 22.8. The molecule has 2 N–H and O–H groups in total. The monoisotopic (exact) mass is 401 g/mol. The van der Waals surface area contributed by atoms with Crippen molar-refractivity contribution < 1.29 is 4.52 Å². The average Bonchev–Trinajstić information content (AvgIpc) is 3.17. The standard InChI is InChI=1S/C21H35N7O/c1-6-22-21(24-13-9-15-28(16(2)3)17(4)5)25-14-11-19-26-20(29-27-19)18-10-7-8-12-23-18/h7-8,10,12,16-17H,6,9,11,13-15H2,1-5H3,(H2,22,24,25). The summed E-state index contributed by atoms with van der Waals surface area (Å²) in [6, 6.07) is 6.71. The Morgan fingerprint density at radius 1 is 1.17 bits per heavy atom. The van der Waals surface area contributed by atoms with Gasteiger partial charge in [-0.1, -0.05) is 11.2 Å². The Bertz CT molecular complexity index is 720. The van der Waals surface area contributed by atoms with Gasteiger partial charge in [-0.15, -0.1) is 0 Å². The molecule has 0 spiro atoms. The van der Waals surface area contributed by atoms with Crippen LogP contribution in [0.15, 0.2) is 33.9 Å². The molecule has 2 aromatic rings. The number of hydrogen-bond acceptors (Lipinski definition) is 6. The summed E-state index contributed by atoms with van der Waals surface area (Å²) >= 11 is 0. The Balaban J connectivity index is 1.78. The second kappa shape index (κ2) is 12.2. The summed E-state index contributed by atoms with van der Waals surface area (Å²) in [5.74, 6) is 1.92. The van der Waals surface area contributed by atoms with Gasteiger partial charge in [0.1, 0.15) is 5.69 Å². The molecule has 0 saturated heterocycles. The highest BCUT2D eigenvalue weighted by Crippen LogP contribution is 2.13. The van der Waals surface area contributed by atoms with Crippen molar-refractivity contribution in [3.63, 3.8) is 0 Å². The van der Waals surface area contributed by atoms with Crippen LogP contribution in [0.5, 0.6) is 0 Å². The fraction of sp³-hybridized carbons (Fsp3) is 0.619. The van der Waals surface area contributed by atoms with Crippen molar-refractivity contribution in [3.8, 4) is 11.6 Å². The minimum absolute atomic E-state index is 0.445. The topological polar surface area (TPSA) is 91.5 Å². The van der Waals surface area contributed by atoms with Crippen LogP contribution in [0.25, 0.3) is 11.6 Å². The lowest BCUT2D eigenvalue weighted by atomic mass is 10.2. The van der Waals surface area contributed by atoms with Crippen molar-refractivity contribution >= 4 is 5.96 Å². The van der Waals surface area contributed by atoms with Gasteiger partial charge in [0, 0.05) is 50.9 Å². The molecule has 160 valence electrons. The van der Waals surface area contributed by atoms with Crippen LogP contribution < -0.4 is 10.6 Å². The molecule has 0 saturated carbocycles. The third-order valence-electron chi connectivity index (χ3n) is 4.51. The highest BCUT2D eigenvalue weighted by atomic mass is 16.5. The molecule has 0 aliphatic heterocycles. The van der Waals surface area contributed by atoms with Crippen LogP contribution in [0.1, 0.15) is 46.9 Å². The largest absolute Gasteiger partial charge is 0.357 e. The Kier molecular flexibility index (Phi) is 9.56. The van der Waals surface area contributed by atoms with Crippen molar-refractivity contribution in [2.75, 3.05) is 26.2 Å². The van der Waals surface area contributed by atoms with Gasteiger partial charge in [0.05, 0.1) is 0 Å². The molecule has 0 fully saturated rings. The molecule has 0 aliphatic rings. The maximum atomic E-state index is 5.29. The van der Waals surface area contributed by atoms with Crippen LogP contribution in [0.4, 0.5) is 0 Å². The highest BCUT2D eigenvalue weighted by molar-refractivity contribution is 5.79. The van der Waals surface area contributed by atoms with E-state index in [-0.39, 0.29) is 0 Å². The molecule has 2 aromatic heterocycles. The normalized spacial score (nSPS) is 12.2. The molecular weight excluding hydrogens is 366 g/mol. The van der Waals surface area contributed by atoms with Gasteiger partial charge in [0.2, 0.25) is 0 Å². The third kappa shape index (κ3) is 7.81. The second-order valence-electron chi connectivity index (χ2n) is 7.45. The minimum Gasteiger partial charge on any atom is -0.357 e. The molecule has 0 amide bonds. The summed E-state index contributed by atoms with van der Waals surface area (Å²) in [6.07, 6.45) is 3.39. The number of aliphatic imine (C=N–C) groups is 1. The number of nitrogens with zero attached hydrogens (tertiary/aromatic N) is 5. The van der Waals surface area contributed by atoms with Crippen LogP contribution in [0, 0.1) is 0 Å². The summed E-state index contributed by atoms with van der Waals surface area (Å²) in [4.78, 5) is 15.8. The lowest BCUT2D eigenvalue weighted by molar-refractivity contribution is 0.174. The average molecular weight is 402 g/mol. The number of aromatic nitrogens is 3. The zero-order valence-corrected chi connectivity index (χ0v) is 18.4. The second-order valence-corrected chi connectivity index (χ2v) is 7.45. The number of pyridine rings is 1. The molecule has 0 aliphatic carbocycles. The Hall–Kier alpha value is -2.48. The molecule has 8 nitrogen and oxygen atoms in total. The number of nitrogens with one attached hydrogen (secondary N) is 2. The maximum Gasteiger partial charge on any atom is 0.276 e. The van der Waals surface area contributed by atoms with E-state index in [4.69, 9.17) is 4.52 Å². The van der Waals surface area contributed by atoms with Crippen molar-refractivity contribution in [1.82, 2.24) is 30.7 Å². The van der Waals surface area contributed by atoms with Gasteiger partial charge in [0.15, 0.2) is 11.8 Å². The van der Waals surface area contributed by atoms with E-state index in [1.54, 1.807) is 6.20 Å². The molecule has 0 unspecified atom stereocenters. The fourth-order valence-electron chi connectivity index (χ4n) is 3.14. The number of guanidine groups is 1. The minimum atomic E-state index is 0.445. The van der Waals surface area contributed by atoms with Crippen molar-refractivity contribution in [2.24, 2.45) is 4.99 Å². The predicted molar refractivity (Wildman–Crippen MR) is 117 cm³/mol. The number of rotatable bonds is 11. The summed E-state index contributed by atoms with van der Waals surface area (Å²) in [6.45, 7) is 14.4. The molecule has 0 aromatic carbocycles. The molecule has 8 heteroatoms. The highest BCUT2D eigenvalue weighted by Gasteiger charge is 2.12. The first-order chi connectivity index (χ1) is 14.0. The van der Waals surface area contributed by atoms with E-state index < -0.39 is 0 Å². The lowest BCUT2D eigenvalue weighted by Crippen LogP contribution is -2.39. The van der Waals surface area contributed by atoms with Crippen LogP contribution in [0.3, 0.4) is 0 Å². The SMILES string of the molecule is CCNC(=NCCCN(C(C)C)C(C)C)NCCc1noc(-c2ccccn2)n1. The summed E-state index contributed by atoms with van der Waals surface area (Å²) < 4.78 is 5.29.